The molecule has 0 nitrogen and oxygen atoms in total. The van der Waals surface area contributed by atoms with Crippen molar-refractivity contribution < 1.29 is 0 Å². The van der Waals surface area contributed by atoms with Gasteiger partial charge in [0.25, 0.3) is 0 Å². The van der Waals surface area contributed by atoms with Crippen molar-refractivity contribution >= 4 is 64.6 Å². The molecule has 0 spiro atoms. The van der Waals surface area contributed by atoms with Crippen molar-refractivity contribution in [3.05, 3.63) is 182 Å². The Bertz CT molecular complexity index is 2830. The molecular weight excluding hydrogens is 577 g/mol. The van der Waals surface area contributed by atoms with Crippen molar-refractivity contribution in [1.82, 2.24) is 0 Å². The highest BCUT2D eigenvalue weighted by molar-refractivity contribution is 6.24. The molecule has 10 rings (SSSR count). The van der Waals surface area contributed by atoms with E-state index in [1.165, 1.54) is 98.0 Å². The minimum atomic E-state index is 1.23. The van der Waals surface area contributed by atoms with Crippen LogP contribution in [0.15, 0.2) is 182 Å². The first-order valence-electron chi connectivity index (χ1n) is 16.7. The zero-order chi connectivity index (χ0) is 31.6. The smallest absolute Gasteiger partial charge is 0.00262 e. The fourth-order valence-electron chi connectivity index (χ4n) is 8.05. The van der Waals surface area contributed by atoms with Crippen LogP contribution < -0.4 is 0 Å². The molecule has 0 atom stereocenters. The fourth-order valence-corrected chi connectivity index (χ4v) is 8.05. The van der Waals surface area contributed by atoms with E-state index in [1.54, 1.807) is 0 Å². The minimum absolute atomic E-state index is 1.23. The maximum Gasteiger partial charge on any atom is -0.00262 e. The van der Waals surface area contributed by atoms with Crippen LogP contribution in [0.2, 0.25) is 0 Å². The van der Waals surface area contributed by atoms with Gasteiger partial charge in [0.05, 0.1) is 0 Å². The Labute approximate surface area is 279 Å². The van der Waals surface area contributed by atoms with Crippen molar-refractivity contribution in [3.63, 3.8) is 0 Å². The molecule has 0 aliphatic carbocycles. The van der Waals surface area contributed by atoms with Gasteiger partial charge < -0.3 is 0 Å². The van der Waals surface area contributed by atoms with Crippen molar-refractivity contribution in [2.24, 2.45) is 0 Å². The third kappa shape index (κ3) is 4.10. The molecule has 48 heavy (non-hydrogen) atoms. The molecular formula is C48H30. The standard InChI is InChI=1S/C48H30/c1-2-14-33-28-36(26-24-31(33)12-1)48-43-22-9-7-20-41(43)47(42-21-8-10-23-44(42)48)35-16-11-15-34(29-35)45-30-37-27-25-32-13-3-4-17-38(32)46(37)40-19-6-5-18-39(40)45/h1-30H. The van der Waals surface area contributed by atoms with Gasteiger partial charge in [0.2, 0.25) is 0 Å². The summed E-state index contributed by atoms with van der Waals surface area (Å²) in [7, 11) is 0. The quantitative estimate of drug-likeness (QED) is 0.139. The maximum absolute atomic E-state index is 2.40. The van der Waals surface area contributed by atoms with Gasteiger partial charge in [-0.15, -0.1) is 0 Å². The molecule has 0 radical (unpaired) electrons. The number of rotatable bonds is 3. The summed E-state index contributed by atoms with van der Waals surface area (Å²) in [6.45, 7) is 0. The van der Waals surface area contributed by atoms with Crippen LogP contribution in [0.3, 0.4) is 0 Å². The van der Waals surface area contributed by atoms with Gasteiger partial charge >= 0.3 is 0 Å². The molecule has 10 aromatic carbocycles. The topological polar surface area (TPSA) is 0 Å². The summed E-state index contributed by atoms with van der Waals surface area (Å²) in [5.74, 6) is 0. The summed E-state index contributed by atoms with van der Waals surface area (Å²) in [5, 5.41) is 15.3. The molecule has 0 saturated carbocycles. The predicted octanol–water partition coefficient (Wildman–Crippen LogP) is 13.6. The lowest BCUT2D eigenvalue weighted by molar-refractivity contribution is 1.64. The maximum atomic E-state index is 2.40. The second-order valence-electron chi connectivity index (χ2n) is 12.8. The molecule has 10 aromatic rings. The van der Waals surface area contributed by atoms with Crippen LogP contribution >= 0.6 is 0 Å². The molecule has 0 saturated heterocycles. The number of hydrogen-bond acceptors (Lipinski definition) is 0. The number of benzene rings is 10. The van der Waals surface area contributed by atoms with Crippen LogP contribution in [0.4, 0.5) is 0 Å². The Kier molecular flexibility index (Phi) is 5.98. The summed E-state index contributed by atoms with van der Waals surface area (Å²) in [5.41, 5.74) is 7.54. The van der Waals surface area contributed by atoms with Crippen molar-refractivity contribution in [2.45, 2.75) is 0 Å². The first-order chi connectivity index (χ1) is 23.8. The zero-order valence-corrected chi connectivity index (χ0v) is 26.3. The molecule has 0 fully saturated rings. The van der Waals surface area contributed by atoms with E-state index in [4.69, 9.17) is 0 Å². The number of fused-ring (bicyclic) bond motifs is 8. The van der Waals surface area contributed by atoms with Crippen LogP contribution in [0.25, 0.3) is 98.0 Å². The summed E-state index contributed by atoms with van der Waals surface area (Å²) < 4.78 is 0. The Morgan fingerprint density at radius 3 is 1.40 bits per heavy atom. The number of hydrogen-bond donors (Lipinski definition) is 0. The van der Waals surface area contributed by atoms with Crippen LogP contribution in [0.1, 0.15) is 0 Å². The van der Waals surface area contributed by atoms with Crippen molar-refractivity contribution in [2.75, 3.05) is 0 Å². The average molecular weight is 607 g/mol. The van der Waals surface area contributed by atoms with Gasteiger partial charge in [-0.3, -0.25) is 0 Å². The average Bonchev–Trinajstić information content (AvgIpc) is 3.16. The molecule has 0 bridgehead atoms. The Morgan fingerprint density at radius 2 is 0.708 bits per heavy atom. The Balaban J connectivity index is 1.24. The van der Waals surface area contributed by atoms with E-state index in [0.29, 0.717) is 0 Å². The van der Waals surface area contributed by atoms with Gasteiger partial charge in [0.15, 0.2) is 0 Å². The van der Waals surface area contributed by atoms with E-state index in [1.807, 2.05) is 0 Å². The third-order valence-electron chi connectivity index (χ3n) is 10.2. The lowest BCUT2D eigenvalue weighted by atomic mass is 9.84. The van der Waals surface area contributed by atoms with Gasteiger partial charge in [-0.2, -0.15) is 0 Å². The SMILES string of the molecule is c1cc(-c2c3ccccc3c(-c3ccc4ccccc4c3)c3ccccc23)cc(-c2cc3ccc4ccccc4c3c3ccccc23)c1. The van der Waals surface area contributed by atoms with Gasteiger partial charge in [-0.1, -0.05) is 164 Å². The molecule has 0 heteroatoms. The lowest BCUT2D eigenvalue weighted by Gasteiger charge is -2.19. The van der Waals surface area contributed by atoms with Gasteiger partial charge in [0.1, 0.15) is 0 Å². The van der Waals surface area contributed by atoms with E-state index in [0.717, 1.165) is 0 Å². The highest BCUT2D eigenvalue weighted by Gasteiger charge is 2.18. The first kappa shape index (κ1) is 26.9. The van der Waals surface area contributed by atoms with Crippen LogP contribution in [0.5, 0.6) is 0 Å². The van der Waals surface area contributed by atoms with Gasteiger partial charge in [-0.25, -0.2) is 0 Å². The summed E-state index contributed by atoms with van der Waals surface area (Å²) in [6.07, 6.45) is 0. The van der Waals surface area contributed by atoms with Crippen LogP contribution in [0, 0.1) is 0 Å². The van der Waals surface area contributed by atoms with Gasteiger partial charge in [0, 0.05) is 0 Å². The second kappa shape index (κ2) is 10.7. The molecule has 0 aliphatic heterocycles. The summed E-state index contributed by atoms with van der Waals surface area (Å²) in [4.78, 5) is 0. The van der Waals surface area contributed by atoms with E-state index in [9.17, 15) is 0 Å². The van der Waals surface area contributed by atoms with E-state index in [2.05, 4.69) is 182 Å². The van der Waals surface area contributed by atoms with E-state index >= 15 is 0 Å². The highest BCUT2D eigenvalue weighted by atomic mass is 14.2. The second-order valence-corrected chi connectivity index (χ2v) is 12.8. The molecule has 222 valence electrons. The van der Waals surface area contributed by atoms with Crippen LogP contribution in [-0.2, 0) is 0 Å². The summed E-state index contributed by atoms with van der Waals surface area (Å²) in [6, 6.07) is 67.1. The van der Waals surface area contributed by atoms with Gasteiger partial charge in [-0.05, 0) is 116 Å². The van der Waals surface area contributed by atoms with E-state index < -0.39 is 0 Å². The van der Waals surface area contributed by atoms with Crippen LogP contribution in [-0.4, -0.2) is 0 Å². The van der Waals surface area contributed by atoms with Crippen molar-refractivity contribution in [3.8, 4) is 33.4 Å². The Morgan fingerprint density at radius 1 is 0.229 bits per heavy atom. The minimum Gasteiger partial charge on any atom is -0.0616 e. The lowest BCUT2D eigenvalue weighted by Crippen LogP contribution is -1.91. The third-order valence-corrected chi connectivity index (χ3v) is 10.2. The molecule has 0 aromatic heterocycles. The normalized spacial score (nSPS) is 11.8. The summed E-state index contributed by atoms with van der Waals surface area (Å²) >= 11 is 0. The zero-order valence-electron chi connectivity index (χ0n) is 26.3. The highest BCUT2D eigenvalue weighted by Crippen LogP contribution is 2.45. The fraction of sp³-hybridized carbons (Fsp3) is 0. The largest absolute Gasteiger partial charge is 0.0616 e. The molecule has 0 heterocycles. The molecule has 0 unspecified atom stereocenters. The predicted molar refractivity (Wildman–Crippen MR) is 208 cm³/mol. The molecule has 0 aliphatic rings. The van der Waals surface area contributed by atoms with E-state index in [-0.39, 0.29) is 0 Å². The molecule has 0 amide bonds. The molecule has 0 N–H and O–H groups in total. The van der Waals surface area contributed by atoms with Crippen molar-refractivity contribution in [1.29, 1.82) is 0 Å². The first-order valence-corrected chi connectivity index (χ1v) is 16.7. The Hall–Kier alpha value is -6.24. The monoisotopic (exact) mass is 606 g/mol.